The minimum atomic E-state index is -0.506. The highest BCUT2D eigenvalue weighted by molar-refractivity contribution is 7.00. The summed E-state index contributed by atoms with van der Waals surface area (Å²) in [4.78, 5) is 5.06. The molecule has 0 saturated heterocycles. The number of para-hydroxylation sites is 5. The second-order valence-electron chi connectivity index (χ2n) is 30.3. The second kappa shape index (κ2) is 23.5. The molecule has 0 atom stereocenters. The van der Waals surface area contributed by atoms with Gasteiger partial charge >= 0.3 is 0 Å². The van der Waals surface area contributed by atoms with E-state index in [1.165, 1.54) is 16.7 Å². The van der Waals surface area contributed by atoms with Gasteiger partial charge in [0.25, 0.3) is 6.71 Å². The average Bonchev–Trinajstić information content (AvgIpc) is 1.54. The molecule has 0 bridgehead atoms. The summed E-state index contributed by atoms with van der Waals surface area (Å²) < 4.78 is 79.7. The van der Waals surface area contributed by atoms with Crippen molar-refractivity contribution in [1.82, 2.24) is 9.13 Å². The van der Waals surface area contributed by atoms with E-state index in [4.69, 9.17) is 2.74 Å². The van der Waals surface area contributed by atoms with Crippen LogP contribution in [0.2, 0.25) is 0 Å². The topological polar surface area (TPSA) is 16.3 Å². The molecule has 16 aromatic rings. The predicted octanol–water partition coefficient (Wildman–Crippen LogP) is 24.2. The molecule has 101 heavy (non-hydrogen) atoms. The smallest absolute Gasteiger partial charge is 0.252 e. The molecule has 0 fully saturated rings. The maximum Gasteiger partial charge on any atom is 0.252 e. The highest BCUT2D eigenvalue weighted by Gasteiger charge is 2.46. The quantitative estimate of drug-likeness (QED) is 0.134. The lowest BCUT2D eigenvalue weighted by molar-refractivity contribution is 0.569. The van der Waals surface area contributed by atoms with Crippen molar-refractivity contribution >= 4 is 101 Å². The van der Waals surface area contributed by atoms with Gasteiger partial charge < -0.3 is 18.9 Å². The summed E-state index contributed by atoms with van der Waals surface area (Å²) >= 11 is 0. The van der Waals surface area contributed by atoms with Gasteiger partial charge in [-0.3, -0.25) is 0 Å². The third kappa shape index (κ3) is 10.2. The first-order valence-corrected chi connectivity index (χ1v) is 35.1. The van der Waals surface area contributed by atoms with E-state index in [1.54, 1.807) is 4.57 Å². The Morgan fingerprint density at radius 1 is 0.287 bits per heavy atom. The van der Waals surface area contributed by atoms with Crippen LogP contribution in [0.3, 0.4) is 0 Å². The third-order valence-electron chi connectivity index (χ3n) is 21.0. The maximum atomic E-state index is 9.85. The number of benzene rings is 14. The lowest BCUT2D eigenvalue weighted by Gasteiger charge is -2.46. The number of rotatable bonds is 9. The molecule has 2 aliphatic heterocycles. The van der Waals surface area contributed by atoms with Crippen LogP contribution in [0.4, 0.5) is 34.1 Å². The van der Waals surface area contributed by atoms with Gasteiger partial charge in [0.05, 0.1) is 44.4 Å². The molecular formula is C96H79BN4. The SMILES string of the molecule is [2H]c1c([2H])c([2H])c2c(c1[2H])c1c([2H])c([2H])c([2H])c([2H])c1n2-c1ccc2c(c1)N(c1c(-c3ccccc3)cccc1-c1ccccc1)c1cc(-c3cccc(C(C)(C)C)c3)cc3c1B2c1ccc(-c2cc(C(C)(C)C)cc(C(C)(C)C)c2)cc1N3c1c(-c2ccccc2)ccc2c1c1ccccc1n2-c1ccccc1. The first-order valence-electron chi connectivity index (χ1n) is 39.1. The first-order chi connectivity index (χ1) is 52.3. The van der Waals surface area contributed by atoms with E-state index in [-0.39, 0.29) is 50.1 Å². The van der Waals surface area contributed by atoms with E-state index in [0.29, 0.717) is 5.69 Å². The van der Waals surface area contributed by atoms with E-state index >= 15 is 0 Å². The molecule has 0 unspecified atom stereocenters. The first kappa shape index (κ1) is 53.3. The van der Waals surface area contributed by atoms with Crippen LogP contribution in [0, 0.1) is 0 Å². The molecule has 2 aliphatic rings. The van der Waals surface area contributed by atoms with Gasteiger partial charge in [-0.25, -0.2) is 0 Å². The van der Waals surface area contributed by atoms with Gasteiger partial charge in [-0.05, 0) is 155 Å². The molecule has 0 aliphatic carbocycles. The van der Waals surface area contributed by atoms with Crippen LogP contribution in [0.1, 0.15) is 90.0 Å². The lowest BCUT2D eigenvalue weighted by atomic mass is 9.33. The zero-order valence-corrected chi connectivity index (χ0v) is 58.3. The van der Waals surface area contributed by atoms with Crippen molar-refractivity contribution in [3.63, 3.8) is 0 Å². The normalized spacial score (nSPS) is 14.0. The van der Waals surface area contributed by atoms with Gasteiger partial charge in [0.2, 0.25) is 0 Å². The molecule has 4 heterocycles. The number of hydrogen-bond acceptors (Lipinski definition) is 2. The van der Waals surface area contributed by atoms with Crippen LogP contribution in [0.5, 0.6) is 0 Å². The molecule has 0 N–H and O–H groups in total. The van der Waals surface area contributed by atoms with E-state index in [2.05, 4.69) is 325 Å². The fourth-order valence-corrected chi connectivity index (χ4v) is 15.9. The van der Waals surface area contributed by atoms with Crippen molar-refractivity contribution < 1.29 is 11.0 Å². The van der Waals surface area contributed by atoms with Gasteiger partial charge in [-0.1, -0.05) is 311 Å². The van der Waals surface area contributed by atoms with Crippen molar-refractivity contribution in [3.05, 3.63) is 332 Å². The summed E-state index contributed by atoms with van der Waals surface area (Å²) in [6, 6.07) is 93.4. The van der Waals surface area contributed by atoms with Crippen LogP contribution < -0.4 is 26.2 Å². The molecule has 4 nitrogen and oxygen atoms in total. The highest BCUT2D eigenvalue weighted by atomic mass is 15.2. The molecule has 0 amide bonds. The van der Waals surface area contributed by atoms with E-state index in [1.807, 2.05) is 18.2 Å². The number of anilines is 6. The Labute approximate surface area is 605 Å². The maximum absolute atomic E-state index is 9.85. The minimum absolute atomic E-state index is 0.0111. The molecule has 0 radical (unpaired) electrons. The summed E-state index contributed by atoms with van der Waals surface area (Å²) in [6.07, 6.45) is 0. The minimum Gasteiger partial charge on any atom is -0.310 e. The summed E-state index contributed by atoms with van der Waals surface area (Å²) in [6.45, 7) is 20.0. The lowest BCUT2D eigenvalue weighted by Crippen LogP contribution is -2.61. The molecule has 5 heteroatoms. The summed E-state index contributed by atoms with van der Waals surface area (Å²) in [7, 11) is 0. The van der Waals surface area contributed by atoms with Gasteiger partial charge in [0, 0.05) is 72.4 Å². The number of fused-ring (bicyclic) bond motifs is 10. The van der Waals surface area contributed by atoms with Crippen molar-refractivity contribution in [3.8, 4) is 67.0 Å². The van der Waals surface area contributed by atoms with E-state index in [9.17, 15) is 8.22 Å². The summed E-state index contributed by atoms with van der Waals surface area (Å²) in [5.74, 6) is 0. The summed E-state index contributed by atoms with van der Waals surface area (Å²) in [5, 5.41) is 2.19. The fourth-order valence-electron chi connectivity index (χ4n) is 15.9. The van der Waals surface area contributed by atoms with Gasteiger partial charge in [0.15, 0.2) is 0 Å². The van der Waals surface area contributed by atoms with Crippen molar-refractivity contribution in [1.29, 1.82) is 0 Å². The van der Waals surface area contributed by atoms with Crippen molar-refractivity contribution in [2.75, 3.05) is 9.80 Å². The molecule has 14 aromatic carbocycles. The Balaban J connectivity index is 1.06. The average molecular weight is 1310 g/mol. The largest absolute Gasteiger partial charge is 0.310 e. The zero-order valence-electron chi connectivity index (χ0n) is 66.3. The molecule has 0 spiro atoms. The Hall–Kier alpha value is -11.7. The Morgan fingerprint density at radius 3 is 1.32 bits per heavy atom. The Morgan fingerprint density at radius 2 is 0.733 bits per heavy atom. The van der Waals surface area contributed by atoms with Crippen LogP contribution in [-0.2, 0) is 16.2 Å². The molecule has 2 aromatic heterocycles. The summed E-state index contributed by atoms with van der Waals surface area (Å²) in [5.41, 5.74) is 25.3. The number of aromatic nitrogens is 2. The molecular weight excluding hydrogens is 1220 g/mol. The Kier molecular flexibility index (Phi) is 12.4. The van der Waals surface area contributed by atoms with E-state index in [0.717, 1.165) is 134 Å². The van der Waals surface area contributed by atoms with Crippen molar-refractivity contribution in [2.24, 2.45) is 0 Å². The molecule has 18 rings (SSSR count). The highest BCUT2D eigenvalue weighted by Crippen LogP contribution is 2.55. The van der Waals surface area contributed by atoms with Crippen molar-refractivity contribution in [2.45, 2.75) is 78.6 Å². The van der Waals surface area contributed by atoms with Gasteiger partial charge in [-0.15, -0.1) is 0 Å². The monoisotopic (exact) mass is 1310 g/mol. The van der Waals surface area contributed by atoms with Gasteiger partial charge in [-0.2, -0.15) is 0 Å². The predicted molar refractivity (Wildman–Crippen MR) is 432 cm³/mol. The Bertz CT molecular complexity index is 6300. The molecule has 486 valence electrons. The van der Waals surface area contributed by atoms with E-state index < -0.39 is 43.0 Å². The zero-order chi connectivity index (χ0) is 75.6. The van der Waals surface area contributed by atoms with Gasteiger partial charge in [0.1, 0.15) is 0 Å². The number of nitrogens with zero attached hydrogens (tertiary/aromatic N) is 4. The molecule has 0 saturated carbocycles. The van der Waals surface area contributed by atoms with Crippen LogP contribution >= 0.6 is 0 Å². The number of hydrogen-bond donors (Lipinski definition) is 0. The van der Waals surface area contributed by atoms with Crippen LogP contribution in [0.25, 0.3) is 111 Å². The third-order valence-corrected chi connectivity index (χ3v) is 21.0. The van der Waals surface area contributed by atoms with Crippen LogP contribution in [0.15, 0.2) is 315 Å². The fraction of sp³-hybridized carbons (Fsp3) is 0.125. The van der Waals surface area contributed by atoms with Crippen LogP contribution in [-0.4, -0.2) is 15.8 Å². The standard InChI is InChI=1S/C96H79BN4/c1-94(2,3)69-37-28-36-65(54-69)68-58-88-91-89(59-68)101(93-76(64-34-18-12-19-35-64)50-53-85-90(93)79-42-24-27-47-84(79)98(85)72-38-20-13-21-39-72)86-57-66(67-55-70(95(4,5)6)60-71(56-67)96(7,8)9)48-51-80(86)97(91)81-52-49-73(99-82-45-25-22-40-77(82)78-41-23-26-46-83(78)99)61-87(81)100(88)92-74(62-30-14-10-15-31-62)43-29-44-75(92)63-32-16-11-17-33-63/h10-61H,1-9H3/i22D,23D,25D,26D,40D,41D,45D,46D. The second-order valence-corrected chi connectivity index (χ2v) is 30.3.